The van der Waals surface area contributed by atoms with Gasteiger partial charge in [0.25, 0.3) is 0 Å². The molecule has 2 aromatic rings. The van der Waals surface area contributed by atoms with Gasteiger partial charge in [-0.3, -0.25) is 4.79 Å². The molecular formula is C21H23ClN2O2. The molecule has 1 amide bonds. The van der Waals surface area contributed by atoms with Crippen molar-refractivity contribution in [2.24, 2.45) is 5.16 Å². The molecule has 0 saturated carbocycles. The molecule has 5 heteroatoms. The Hall–Kier alpha value is -2.33. The van der Waals surface area contributed by atoms with Crippen LogP contribution in [-0.2, 0) is 16.2 Å². The molecule has 0 fully saturated rings. The van der Waals surface area contributed by atoms with Gasteiger partial charge < -0.3 is 9.74 Å². The number of oxime groups is 1. The van der Waals surface area contributed by atoms with Gasteiger partial charge in [-0.25, -0.2) is 0 Å². The highest BCUT2D eigenvalue weighted by atomic mass is 35.5. The normalized spacial score (nSPS) is 16.1. The summed E-state index contributed by atoms with van der Waals surface area (Å²) in [6.07, 6.45) is 1.03. The minimum absolute atomic E-state index is 0.0948. The smallest absolute Gasteiger partial charge is 0.222 e. The Kier molecular flexibility index (Phi) is 5.94. The highest BCUT2D eigenvalue weighted by Crippen LogP contribution is 2.20. The Morgan fingerprint density at radius 3 is 2.73 bits per heavy atom. The molecule has 2 aromatic carbocycles. The van der Waals surface area contributed by atoms with Gasteiger partial charge in [0.1, 0.15) is 0 Å². The number of rotatable bonds is 6. The van der Waals surface area contributed by atoms with Crippen LogP contribution >= 0.6 is 11.6 Å². The Bertz CT molecular complexity index is 802. The van der Waals surface area contributed by atoms with Crippen LogP contribution in [0.2, 0.25) is 5.02 Å². The molecule has 0 spiro atoms. The fourth-order valence-electron chi connectivity index (χ4n) is 3.02. The maximum atomic E-state index is 12.4. The molecule has 0 bridgehead atoms. The van der Waals surface area contributed by atoms with Crippen LogP contribution in [0.3, 0.4) is 0 Å². The van der Waals surface area contributed by atoms with Crippen molar-refractivity contribution in [3.63, 3.8) is 0 Å². The number of aryl methyl sites for hydroxylation is 1. The lowest BCUT2D eigenvalue weighted by molar-refractivity contribution is -0.133. The molecule has 1 aliphatic rings. The van der Waals surface area contributed by atoms with E-state index < -0.39 is 0 Å². The minimum Gasteiger partial charge on any atom is -0.390 e. The van der Waals surface area contributed by atoms with Gasteiger partial charge in [0.2, 0.25) is 5.91 Å². The van der Waals surface area contributed by atoms with E-state index in [1.165, 1.54) is 5.56 Å². The molecule has 4 nitrogen and oxygen atoms in total. The summed E-state index contributed by atoms with van der Waals surface area (Å²) in [5.74, 6) is 0.0948. The Morgan fingerprint density at radius 2 is 2.04 bits per heavy atom. The first-order valence-electron chi connectivity index (χ1n) is 8.87. The van der Waals surface area contributed by atoms with Crippen LogP contribution in [0.5, 0.6) is 0 Å². The summed E-state index contributed by atoms with van der Waals surface area (Å²) in [6.45, 7) is 4.96. The molecule has 1 atom stereocenters. The number of carbonyl (C=O) groups is 1. The van der Waals surface area contributed by atoms with Crippen molar-refractivity contribution < 1.29 is 9.63 Å². The summed E-state index contributed by atoms with van der Waals surface area (Å²) >= 11 is 6.06. The second kappa shape index (κ2) is 8.37. The van der Waals surface area contributed by atoms with E-state index in [1.54, 1.807) is 0 Å². The predicted octanol–water partition coefficient (Wildman–Crippen LogP) is 4.58. The number of carbonyl (C=O) groups excluding carboxylic acids is 1. The molecular weight excluding hydrogens is 348 g/mol. The SMILES string of the molecule is CCC(=O)N(Cc1cccc(Cl)c1)CC1CC(c2ccc(C)cc2)=NO1. The van der Waals surface area contributed by atoms with Crippen molar-refractivity contribution in [3.05, 3.63) is 70.2 Å². The van der Waals surface area contributed by atoms with E-state index in [9.17, 15) is 4.79 Å². The van der Waals surface area contributed by atoms with E-state index in [1.807, 2.05) is 36.1 Å². The number of amides is 1. The van der Waals surface area contributed by atoms with Gasteiger partial charge in [-0.15, -0.1) is 0 Å². The number of nitrogens with zero attached hydrogens (tertiary/aromatic N) is 2. The first-order chi connectivity index (χ1) is 12.5. The van der Waals surface area contributed by atoms with Gasteiger partial charge >= 0.3 is 0 Å². The molecule has 136 valence electrons. The van der Waals surface area contributed by atoms with E-state index in [-0.39, 0.29) is 12.0 Å². The van der Waals surface area contributed by atoms with E-state index in [4.69, 9.17) is 16.4 Å². The molecule has 26 heavy (non-hydrogen) atoms. The molecule has 0 aliphatic carbocycles. The second-order valence-electron chi connectivity index (χ2n) is 6.59. The zero-order chi connectivity index (χ0) is 18.5. The van der Waals surface area contributed by atoms with Gasteiger partial charge in [-0.2, -0.15) is 0 Å². The number of halogens is 1. The van der Waals surface area contributed by atoms with Crippen molar-refractivity contribution in [3.8, 4) is 0 Å². The quantitative estimate of drug-likeness (QED) is 0.746. The van der Waals surface area contributed by atoms with Crippen molar-refractivity contribution in [2.75, 3.05) is 6.54 Å². The highest BCUT2D eigenvalue weighted by molar-refractivity contribution is 6.30. The van der Waals surface area contributed by atoms with Crippen LogP contribution in [0, 0.1) is 6.92 Å². The van der Waals surface area contributed by atoms with Crippen LogP contribution < -0.4 is 0 Å². The van der Waals surface area contributed by atoms with Crippen LogP contribution in [0.1, 0.15) is 36.5 Å². The standard InChI is InChI=1S/C21H23ClN2O2/c1-3-21(25)24(13-16-5-4-6-18(22)11-16)14-19-12-20(23-26-19)17-9-7-15(2)8-10-17/h4-11,19H,3,12-14H2,1-2H3. The molecule has 0 radical (unpaired) electrons. The van der Waals surface area contributed by atoms with E-state index in [0.29, 0.717) is 31.0 Å². The van der Waals surface area contributed by atoms with E-state index in [2.05, 4.69) is 36.3 Å². The summed E-state index contributed by atoms with van der Waals surface area (Å²) in [5, 5.41) is 4.91. The summed E-state index contributed by atoms with van der Waals surface area (Å²) < 4.78 is 0. The molecule has 0 N–H and O–H groups in total. The van der Waals surface area contributed by atoms with Gasteiger partial charge in [0.05, 0.1) is 12.3 Å². The summed E-state index contributed by atoms with van der Waals surface area (Å²) in [4.78, 5) is 19.8. The molecule has 1 aliphatic heterocycles. The minimum atomic E-state index is -0.124. The van der Waals surface area contributed by atoms with Crippen molar-refractivity contribution in [1.29, 1.82) is 0 Å². The van der Waals surface area contributed by atoms with Crippen molar-refractivity contribution >= 4 is 23.2 Å². The summed E-state index contributed by atoms with van der Waals surface area (Å²) in [7, 11) is 0. The van der Waals surface area contributed by atoms with Crippen LogP contribution in [0.4, 0.5) is 0 Å². The molecule has 1 heterocycles. The fourth-order valence-corrected chi connectivity index (χ4v) is 3.24. The van der Waals surface area contributed by atoms with Gasteiger partial charge in [-0.1, -0.05) is 65.6 Å². The highest BCUT2D eigenvalue weighted by Gasteiger charge is 2.26. The first kappa shape index (κ1) is 18.5. The molecule has 1 unspecified atom stereocenters. The number of hydrogen-bond donors (Lipinski definition) is 0. The van der Waals surface area contributed by atoms with Crippen LogP contribution in [0.15, 0.2) is 53.7 Å². The fraction of sp³-hybridized carbons (Fsp3) is 0.333. The lowest BCUT2D eigenvalue weighted by Crippen LogP contribution is -2.36. The molecule has 0 saturated heterocycles. The van der Waals surface area contributed by atoms with E-state index in [0.717, 1.165) is 16.8 Å². The van der Waals surface area contributed by atoms with Crippen LogP contribution in [-0.4, -0.2) is 29.2 Å². The average molecular weight is 371 g/mol. The van der Waals surface area contributed by atoms with Gasteiger partial charge in [-0.05, 0) is 30.2 Å². The zero-order valence-corrected chi connectivity index (χ0v) is 15.9. The van der Waals surface area contributed by atoms with Crippen molar-refractivity contribution in [2.45, 2.75) is 39.3 Å². The lowest BCUT2D eigenvalue weighted by atomic mass is 10.0. The second-order valence-corrected chi connectivity index (χ2v) is 7.03. The van der Waals surface area contributed by atoms with Crippen molar-refractivity contribution in [1.82, 2.24) is 4.90 Å². The van der Waals surface area contributed by atoms with Crippen LogP contribution in [0.25, 0.3) is 0 Å². The number of hydrogen-bond acceptors (Lipinski definition) is 3. The topological polar surface area (TPSA) is 41.9 Å². The van der Waals surface area contributed by atoms with Gasteiger partial charge in [0, 0.05) is 24.4 Å². The van der Waals surface area contributed by atoms with Gasteiger partial charge in [0.15, 0.2) is 6.10 Å². The van der Waals surface area contributed by atoms with E-state index >= 15 is 0 Å². The predicted molar refractivity (Wildman–Crippen MR) is 104 cm³/mol. The maximum absolute atomic E-state index is 12.4. The third-order valence-electron chi connectivity index (χ3n) is 4.46. The monoisotopic (exact) mass is 370 g/mol. The summed E-state index contributed by atoms with van der Waals surface area (Å²) in [5.41, 5.74) is 4.23. The Balaban J connectivity index is 1.65. The summed E-state index contributed by atoms with van der Waals surface area (Å²) in [6, 6.07) is 15.8. The number of benzene rings is 2. The lowest BCUT2D eigenvalue weighted by Gasteiger charge is -2.24. The largest absolute Gasteiger partial charge is 0.390 e. The molecule has 0 aromatic heterocycles. The third-order valence-corrected chi connectivity index (χ3v) is 4.69. The Morgan fingerprint density at radius 1 is 1.27 bits per heavy atom. The Labute approximate surface area is 159 Å². The maximum Gasteiger partial charge on any atom is 0.222 e. The average Bonchev–Trinajstić information content (AvgIpc) is 3.10. The first-order valence-corrected chi connectivity index (χ1v) is 9.25. The molecule has 3 rings (SSSR count). The third kappa shape index (κ3) is 4.64. The zero-order valence-electron chi connectivity index (χ0n) is 15.1.